The van der Waals surface area contributed by atoms with E-state index in [1.807, 2.05) is 24.4 Å². The van der Waals surface area contributed by atoms with Gasteiger partial charge >= 0.3 is 0 Å². The summed E-state index contributed by atoms with van der Waals surface area (Å²) in [6.07, 6.45) is 4.08. The number of rotatable bonds is 6. The van der Waals surface area contributed by atoms with Crippen molar-refractivity contribution in [1.29, 1.82) is 0 Å². The number of nitrogens with zero attached hydrogens (tertiary/aromatic N) is 5. The Morgan fingerprint density at radius 1 is 1.13 bits per heavy atom. The second-order valence-corrected chi connectivity index (χ2v) is 8.31. The molecule has 8 heteroatoms. The number of carbonyl (C=O) groups excluding carboxylic acids is 1. The van der Waals surface area contributed by atoms with Crippen molar-refractivity contribution in [3.05, 3.63) is 42.1 Å². The van der Waals surface area contributed by atoms with Crippen molar-refractivity contribution in [2.24, 2.45) is 0 Å². The molecule has 166 valence electrons. The number of ether oxygens (including phenoxy) is 1. The first-order chi connectivity index (χ1) is 15.1. The van der Waals surface area contributed by atoms with Gasteiger partial charge in [-0.1, -0.05) is 12.1 Å². The lowest BCUT2D eigenvalue weighted by Gasteiger charge is -2.37. The number of anilines is 3. The molecule has 2 saturated heterocycles. The molecule has 0 radical (unpaired) electrons. The number of nitrogens with one attached hydrogen (secondary N) is 1. The van der Waals surface area contributed by atoms with Crippen LogP contribution >= 0.6 is 0 Å². The van der Waals surface area contributed by atoms with Gasteiger partial charge in [0.05, 0.1) is 13.2 Å². The van der Waals surface area contributed by atoms with Crippen LogP contribution < -0.4 is 15.1 Å². The molecule has 0 spiro atoms. The van der Waals surface area contributed by atoms with Crippen LogP contribution in [-0.4, -0.2) is 73.3 Å². The number of hydrogen-bond donors (Lipinski definition) is 1. The Morgan fingerprint density at radius 2 is 1.84 bits per heavy atom. The summed E-state index contributed by atoms with van der Waals surface area (Å²) < 4.78 is 5.44. The fourth-order valence-corrected chi connectivity index (χ4v) is 4.26. The van der Waals surface area contributed by atoms with E-state index in [4.69, 9.17) is 9.72 Å². The highest BCUT2D eigenvalue weighted by Gasteiger charge is 2.24. The van der Waals surface area contributed by atoms with E-state index in [0.717, 1.165) is 76.2 Å². The molecule has 0 atom stereocenters. The molecule has 0 aliphatic carbocycles. The van der Waals surface area contributed by atoms with Gasteiger partial charge in [0, 0.05) is 64.6 Å². The largest absolute Gasteiger partial charge is 0.378 e. The predicted molar refractivity (Wildman–Crippen MR) is 123 cm³/mol. The SMILES string of the molecule is CC(=O)Nc1ccc(CN2CCC(N(C)c3ccnc(N4CCOCC4)n3)CC2)cc1. The zero-order chi connectivity index (χ0) is 21.6. The van der Waals surface area contributed by atoms with Crippen LogP contribution in [0.1, 0.15) is 25.3 Å². The summed E-state index contributed by atoms with van der Waals surface area (Å²) in [6.45, 7) is 7.74. The van der Waals surface area contributed by atoms with Crippen molar-refractivity contribution >= 4 is 23.4 Å². The fourth-order valence-electron chi connectivity index (χ4n) is 4.26. The van der Waals surface area contributed by atoms with Crippen LogP contribution in [0.3, 0.4) is 0 Å². The second kappa shape index (κ2) is 10.1. The van der Waals surface area contributed by atoms with Crippen molar-refractivity contribution in [3.8, 4) is 0 Å². The smallest absolute Gasteiger partial charge is 0.227 e. The summed E-state index contributed by atoms with van der Waals surface area (Å²) in [5.41, 5.74) is 2.12. The Kier molecular flexibility index (Phi) is 6.99. The molecule has 1 N–H and O–H groups in total. The maximum absolute atomic E-state index is 11.2. The second-order valence-electron chi connectivity index (χ2n) is 8.31. The van der Waals surface area contributed by atoms with E-state index < -0.39 is 0 Å². The maximum Gasteiger partial charge on any atom is 0.227 e. The van der Waals surface area contributed by atoms with E-state index in [2.05, 4.69) is 44.2 Å². The molecule has 0 bridgehead atoms. The van der Waals surface area contributed by atoms with E-state index in [1.54, 1.807) is 0 Å². The lowest BCUT2D eigenvalue weighted by molar-refractivity contribution is -0.114. The van der Waals surface area contributed by atoms with Crippen LogP contribution in [0.15, 0.2) is 36.5 Å². The van der Waals surface area contributed by atoms with Gasteiger partial charge in [-0.25, -0.2) is 4.98 Å². The Labute approximate surface area is 184 Å². The Hall–Kier alpha value is -2.71. The molecular formula is C23H32N6O2. The number of likely N-dealkylation sites (tertiary alicyclic amines) is 1. The lowest BCUT2D eigenvalue weighted by Crippen LogP contribution is -2.43. The number of morpholine rings is 1. The van der Waals surface area contributed by atoms with Crippen molar-refractivity contribution in [3.63, 3.8) is 0 Å². The van der Waals surface area contributed by atoms with Crippen molar-refractivity contribution in [2.45, 2.75) is 32.4 Å². The summed E-state index contributed by atoms with van der Waals surface area (Å²) in [7, 11) is 2.15. The van der Waals surface area contributed by atoms with E-state index >= 15 is 0 Å². The Balaban J connectivity index is 1.30. The fraction of sp³-hybridized carbons (Fsp3) is 0.522. The molecule has 2 fully saturated rings. The minimum absolute atomic E-state index is 0.0419. The standard InChI is InChI=1S/C23H32N6O2/c1-18(30)25-20-5-3-19(4-6-20)17-28-11-8-21(9-12-28)27(2)22-7-10-24-23(26-22)29-13-15-31-16-14-29/h3-7,10,21H,8-9,11-17H2,1-2H3,(H,25,30). The molecule has 2 aliphatic rings. The molecule has 0 unspecified atom stereocenters. The molecule has 1 amide bonds. The molecule has 31 heavy (non-hydrogen) atoms. The lowest BCUT2D eigenvalue weighted by atomic mass is 10.0. The molecule has 0 saturated carbocycles. The topological polar surface area (TPSA) is 73.8 Å². The molecule has 1 aromatic heterocycles. The van der Waals surface area contributed by atoms with Gasteiger partial charge in [-0.05, 0) is 36.6 Å². The monoisotopic (exact) mass is 424 g/mol. The number of benzene rings is 1. The molecule has 2 aliphatic heterocycles. The van der Waals surface area contributed by atoms with Gasteiger partial charge in [0.2, 0.25) is 11.9 Å². The van der Waals surface area contributed by atoms with Gasteiger partial charge < -0.3 is 19.9 Å². The van der Waals surface area contributed by atoms with Gasteiger partial charge in [-0.2, -0.15) is 4.98 Å². The molecule has 1 aromatic carbocycles. The first-order valence-corrected chi connectivity index (χ1v) is 11.1. The number of aromatic nitrogens is 2. The number of carbonyl (C=O) groups is 1. The molecule has 8 nitrogen and oxygen atoms in total. The number of amides is 1. The highest BCUT2D eigenvalue weighted by molar-refractivity contribution is 5.88. The highest BCUT2D eigenvalue weighted by atomic mass is 16.5. The molecule has 2 aromatic rings. The quantitative estimate of drug-likeness (QED) is 0.763. The van der Waals surface area contributed by atoms with Crippen LogP contribution in [0.5, 0.6) is 0 Å². The van der Waals surface area contributed by atoms with Crippen LogP contribution in [0.4, 0.5) is 17.5 Å². The highest BCUT2D eigenvalue weighted by Crippen LogP contribution is 2.23. The van der Waals surface area contributed by atoms with Crippen LogP contribution in [0, 0.1) is 0 Å². The first-order valence-electron chi connectivity index (χ1n) is 11.1. The van der Waals surface area contributed by atoms with Crippen molar-refractivity contribution < 1.29 is 9.53 Å². The van der Waals surface area contributed by atoms with Crippen molar-refractivity contribution in [2.75, 3.05) is 61.6 Å². The summed E-state index contributed by atoms with van der Waals surface area (Å²) in [4.78, 5) is 27.5. The summed E-state index contributed by atoms with van der Waals surface area (Å²) >= 11 is 0. The molecule has 4 rings (SSSR count). The minimum atomic E-state index is -0.0419. The average Bonchev–Trinajstić information content (AvgIpc) is 2.81. The van der Waals surface area contributed by atoms with E-state index in [0.29, 0.717) is 6.04 Å². The van der Waals surface area contributed by atoms with Crippen LogP contribution in [-0.2, 0) is 16.1 Å². The number of hydrogen-bond acceptors (Lipinski definition) is 7. The molecule has 3 heterocycles. The normalized spacial score (nSPS) is 18.1. The zero-order valence-electron chi connectivity index (χ0n) is 18.5. The number of piperidine rings is 1. The average molecular weight is 425 g/mol. The van der Waals surface area contributed by atoms with Crippen molar-refractivity contribution in [1.82, 2.24) is 14.9 Å². The van der Waals surface area contributed by atoms with Crippen LogP contribution in [0.2, 0.25) is 0 Å². The first kappa shape index (κ1) is 21.5. The predicted octanol–water partition coefficient (Wildman–Crippen LogP) is 2.37. The van der Waals surface area contributed by atoms with E-state index in [9.17, 15) is 4.79 Å². The van der Waals surface area contributed by atoms with Gasteiger partial charge in [0.25, 0.3) is 0 Å². The zero-order valence-corrected chi connectivity index (χ0v) is 18.5. The van der Waals surface area contributed by atoms with Gasteiger partial charge in [-0.3, -0.25) is 9.69 Å². The third-order valence-electron chi connectivity index (χ3n) is 6.07. The van der Waals surface area contributed by atoms with Crippen LogP contribution in [0.25, 0.3) is 0 Å². The summed E-state index contributed by atoms with van der Waals surface area (Å²) in [5, 5.41) is 2.82. The van der Waals surface area contributed by atoms with Gasteiger partial charge in [0.1, 0.15) is 5.82 Å². The van der Waals surface area contributed by atoms with Gasteiger partial charge in [-0.15, -0.1) is 0 Å². The Morgan fingerprint density at radius 3 is 2.52 bits per heavy atom. The third kappa shape index (κ3) is 5.71. The Bertz CT molecular complexity index is 861. The summed E-state index contributed by atoms with van der Waals surface area (Å²) in [6, 6.07) is 10.6. The summed E-state index contributed by atoms with van der Waals surface area (Å²) in [5.74, 6) is 1.75. The minimum Gasteiger partial charge on any atom is -0.378 e. The van der Waals surface area contributed by atoms with Gasteiger partial charge in [0.15, 0.2) is 0 Å². The maximum atomic E-state index is 11.2. The van der Waals surface area contributed by atoms with E-state index in [1.165, 1.54) is 12.5 Å². The third-order valence-corrected chi connectivity index (χ3v) is 6.07. The molecular weight excluding hydrogens is 392 g/mol. The van der Waals surface area contributed by atoms with E-state index in [-0.39, 0.29) is 5.91 Å².